The number of thioether (sulfide) groups is 1. The van der Waals surface area contributed by atoms with E-state index in [2.05, 4.69) is 27.0 Å². The molecule has 2 saturated carbocycles. The first-order valence-electron chi connectivity index (χ1n) is 6.89. The lowest BCUT2D eigenvalue weighted by molar-refractivity contribution is 0.379. The van der Waals surface area contributed by atoms with Crippen LogP contribution < -0.4 is 16.6 Å². The lowest BCUT2D eigenvalue weighted by Crippen LogP contribution is -2.40. The molecule has 104 valence electrons. The van der Waals surface area contributed by atoms with Gasteiger partial charge in [-0.15, -0.1) is 0 Å². The maximum atomic E-state index is 5.48. The molecule has 0 aromatic carbocycles. The Balaban J connectivity index is 1.70. The fourth-order valence-electron chi connectivity index (χ4n) is 2.43. The van der Waals surface area contributed by atoms with Crippen molar-refractivity contribution < 1.29 is 0 Å². The van der Waals surface area contributed by atoms with Gasteiger partial charge in [-0.05, 0) is 31.9 Å². The molecule has 1 aromatic heterocycles. The molecule has 0 amide bonds. The van der Waals surface area contributed by atoms with Gasteiger partial charge in [0.1, 0.15) is 17.5 Å². The number of nitrogen functional groups attached to an aromatic ring is 1. The summed E-state index contributed by atoms with van der Waals surface area (Å²) in [6, 6.07) is 1.89. The number of hydrogen-bond acceptors (Lipinski definition) is 6. The fraction of sp³-hybridized carbons (Fsp3) is 0.692. The van der Waals surface area contributed by atoms with Crippen LogP contribution in [0.3, 0.4) is 0 Å². The quantitative estimate of drug-likeness (QED) is 0.548. The monoisotopic (exact) mass is 279 g/mol. The van der Waals surface area contributed by atoms with Crippen LogP contribution in [0.4, 0.5) is 11.6 Å². The standard InChI is InChI=1S/C13H21N5S/c1-19-13(5-2-6-13)8-15-10-7-11(18-14)17-12(16-10)9-3-4-9/h7,9H,2-6,8,14H2,1H3,(H2,15,16,17,18). The number of hydrogen-bond donors (Lipinski definition) is 3. The highest BCUT2D eigenvalue weighted by molar-refractivity contribution is 8.00. The summed E-state index contributed by atoms with van der Waals surface area (Å²) in [7, 11) is 0. The highest BCUT2D eigenvalue weighted by Gasteiger charge is 2.36. The third-order valence-corrected chi connectivity index (χ3v) is 5.54. The second-order valence-corrected chi connectivity index (χ2v) is 6.78. The first kappa shape index (κ1) is 13.0. The molecular formula is C13H21N5S. The van der Waals surface area contributed by atoms with E-state index in [9.17, 15) is 0 Å². The molecule has 0 atom stereocenters. The van der Waals surface area contributed by atoms with Gasteiger partial charge in [-0.1, -0.05) is 6.42 Å². The summed E-state index contributed by atoms with van der Waals surface area (Å²) in [4.78, 5) is 9.03. The van der Waals surface area contributed by atoms with Gasteiger partial charge in [-0.25, -0.2) is 15.8 Å². The first-order chi connectivity index (χ1) is 9.24. The molecule has 2 fully saturated rings. The van der Waals surface area contributed by atoms with E-state index in [1.807, 2.05) is 17.8 Å². The Hall–Kier alpha value is -1.01. The molecule has 0 radical (unpaired) electrons. The number of rotatable bonds is 6. The molecule has 0 spiro atoms. The molecule has 0 aliphatic heterocycles. The minimum Gasteiger partial charge on any atom is -0.369 e. The van der Waals surface area contributed by atoms with E-state index in [1.165, 1.54) is 32.1 Å². The van der Waals surface area contributed by atoms with E-state index in [0.29, 0.717) is 16.5 Å². The third-order valence-electron chi connectivity index (χ3n) is 4.12. The van der Waals surface area contributed by atoms with Gasteiger partial charge in [0.25, 0.3) is 0 Å². The minimum absolute atomic E-state index is 0.404. The van der Waals surface area contributed by atoms with Crippen LogP contribution in [0, 0.1) is 0 Å². The van der Waals surface area contributed by atoms with Gasteiger partial charge in [0.15, 0.2) is 0 Å². The summed E-state index contributed by atoms with van der Waals surface area (Å²) >= 11 is 1.96. The number of hydrazine groups is 1. The molecule has 0 bridgehead atoms. The van der Waals surface area contributed by atoms with E-state index in [-0.39, 0.29) is 0 Å². The Kier molecular flexibility index (Phi) is 3.54. The van der Waals surface area contributed by atoms with E-state index < -0.39 is 0 Å². The zero-order valence-corrected chi connectivity index (χ0v) is 12.1. The van der Waals surface area contributed by atoms with Crippen molar-refractivity contribution in [3.63, 3.8) is 0 Å². The molecule has 6 heteroatoms. The average Bonchev–Trinajstić information content (AvgIpc) is 3.22. The van der Waals surface area contributed by atoms with E-state index in [1.54, 1.807) is 0 Å². The molecule has 1 aromatic rings. The molecule has 4 N–H and O–H groups in total. The highest BCUT2D eigenvalue weighted by atomic mass is 32.2. The lowest BCUT2D eigenvalue weighted by atomic mass is 9.84. The Bertz CT molecular complexity index is 451. The Morgan fingerprint density at radius 2 is 2.11 bits per heavy atom. The summed E-state index contributed by atoms with van der Waals surface area (Å²) in [5.74, 6) is 8.53. The van der Waals surface area contributed by atoms with Crippen molar-refractivity contribution in [1.29, 1.82) is 0 Å². The lowest BCUT2D eigenvalue weighted by Gasteiger charge is -2.40. The number of nitrogens with one attached hydrogen (secondary N) is 2. The molecule has 0 saturated heterocycles. The van der Waals surface area contributed by atoms with Crippen molar-refractivity contribution in [1.82, 2.24) is 9.97 Å². The van der Waals surface area contributed by atoms with Crippen LogP contribution in [0.2, 0.25) is 0 Å². The molecule has 2 aliphatic carbocycles. The van der Waals surface area contributed by atoms with Crippen LogP contribution in [0.25, 0.3) is 0 Å². The highest BCUT2D eigenvalue weighted by Crippen LogP contribution is 2.43. The van der Waals surface area contributed by atoms with Crippen molar-refractivity contribution in [3.05, 3.63) is 11.9 Å². The van der Waals surface area contributed by atoms with Gasteiger partial charge in [0, 0.05) is 23.3 Å². The molecule has 1 heterocycles. The largest absolute Gasteiger partial charge is 0.369 e. The number of anilines is 2. The first-order valence-corrected chi connectivity index (χ1v) is 8.12. The summed E-state index contributed by atoms with van der Waals surface area (Å²) in [6.45, 7) is 0.972. The SMILES string of the molecule is CSC1(CNc2cc(NN)nc(C3CC3)n2)CCC1. The zero-order valence-electron chi connectivity index (χ0n) is 11.3. The summed E-state index contributed by atoms with van der Waals surface area (Å²) < 4.78 is 0.404. The van der Waals surface area contributed by atoms with Crippen LogP contribution in [-0.4, -0.2) is 27.5 Å². The van der Waals surface area contributed by atoms with Crippen molar-refractivity contribution in [3.8, 4) is 0 Å². The van der Waals surface area contributed by atoms with Gasteiger partial charge in [-0.2, -0.15) is 11.8 Å². The topological polar surface area (TPSA) is 75.9 Å². The minimum atomic E-state index is 0.404. The van der Waals surface area contributed by atoms with Crippen LogP contribution in [0.1, 0.15) is 43.8 Å². The summed E-state index contributed by atoms with van der Waals surface area (Å²) in [5.41, 5.74) is 2.63. The van der Waals surface area contributed by atoms with Crippen LogP contribution in [0.15, 0.2) is 6.07 Å². The van der Waals surface area contributed by atoms with Crippen molar-refractivity contribution >= 4 is 23.4 Å². The van der Waals surface area contributed by atoms with E-state index in [4.69, 9.17) is 5.84 Å². The maximum absolute atomic E-state index is 5.48. The third kappa shape index (κ3) is 2.79. The molecule has 2 aliphatic rings. The Labute approximate surface area is 118 Å². The normalized spacial score (nSPS) is 20.7. The van der Waals surface area contributed by atoms with Crippen LogP contribution in [0.5, 0.6) is 0 Å². The molecule has 19 heavy (non-hydrogen) atoms. The predicted octanol–water partition coefficient (Wildman–Crippen LogP) is 2.34. The van der Waals surface area contributed by atoms with Gasteiger partial charge in [-0.3, -0.25) is 0 Å². The zero-order chi connectivity index (χ0) is 13.3. The smallest absolute Gasteiger partial charge is 0.145 e. The van der Waals surface area contributed by atoms with Crippen molar-refractivity contribution in [2.45, 2.75) is 42.8 Å². The summed E-state index contributed by atoms with van der Waals surface area (Å²) in [6.07, 6.45) is 8.52. The second kappa shape index (κ2) is 5.17. The second-order valence-electron chi connectivity index (χ2n) is 5.51. The van der Waals surface area contributed by atoms with E-state index in [0.717, 1.165) is 18.2 Å². The number of aromatic nitrogens is 2. The molecular weight excluding hydrogens is 258 g/mol. The Morgan fingerprint density at radius 3 is 2.63 bits per heavy atom. The van der Waals surface area contributed by atoms with Gasteiger partial charge in [0.2, 0.25) is 0 Å². The number of nitrogens with two attached hydrogens (primary N) is 1. The van der Waals surface area contributed by atoms with Gasteiger partial charge in [0.05, 0.1) is 0 Å². The maximum Gasteiger partial charge on any atom is 0.145 e. The van der Waals surface area contributed by atoms with Gasteiger partial charge < -0.3 is 10.7 Å². The number of nitrogens with zero attached hydrogens (tertiary/aromatic N) is 2. The predicted molar refractivity (Wildman–Crippen MR) is 80.4 cm³/mol. The molecule has 3 rings (SSSR count). The Morgan fingerprint density at radius 1 is 1.37 bits per heavy atom. The van der Waals surface area contributed by atoms with Gasteiger partial charge >= 0.3 is 0 Å². The fourth-order valence-corrected chi connectivity index (χ4v) is 3.34. The van der Waals surface area contributed by atoms with E-state index >= 15 is 0 Å². The van der Waals surface area contributed by atoms with Crippen molar-refractivity contribution in [2.75, 3.05) is 23.5 Å². The van der Waals surface area contributed by atoms with Crippen LogP contribution >= 0.6 is 11.8 Å². The van der Waals surface area contributed by atoms with Crippen LogP contribution in [-0.2, 0) is 0 Å². The molecule has 5 nitrogen and oxygen atoms in total. The average molecular weight is 279 g/mol. The summed E-state index contributed by atoms with van der Waals surface area (Å²) in [5, 5.41) is 3.47. The van der Waals surface area contributed by atoms with Crippen molar-refractivity contribution in [2.24, 2.45) is 5.84 Å². The molecule has 0 unspecified atom stereocenters.